The lowest BCUT2D eigenvalue weighted by molar-refractivity contribution is 0.0748. The van der Waals surface area contributed by atoms with Crippen LogP contribution in [-0.2, 0) is 6.54 Å². The third-order valence-corrected chi connectivity index (χ3v) is 5.87. The van der Waals surface area contributed by atoms with E-state index in [-0.39, 0.29) is 17.2 Å². The van der Waals surface area contributed by atoms with Gasteiger partial charge in [0.05, 0.1) is 22.0 Å². The molecule has 7 heteroatoms. The fourth-order valence-electron chi connectivity index (χ4n) is 3.19. The smallest absolute Gasteiger partial charge is 0.279 e. The number of thiophene rings is 1. The molecule has 0 aliphatic heterocycles. The average Bonchev–Trinajstić information content (AvgIpc) is 3.17. The molecular weight excluding hydrogens is 406 g/mol. The number of halogens is 1. The van der Waals surface area contributed by atoms with Crippen molar-refractivity contribution in [3.63, 3.8) is 0 Å². The highest BCUT2D eigenvalue weighted by Crippen LogP contribution is 2.24. The van der Waals surface area contributed by atoms with E-state index in [2.05, 4.69) is 5.10 Å². The van der Waals surface area contributed by atoms with Gasteiger partial charge in [0.25, 0.3) is 11.5 Å². The van der Waals surface area contributed by atoms with Gasteiger partial charge in [0.1, 0.15) is 0 Å². The summed E-state index contributed by atoms with van der Waals surface area (Å²) < 4.78 is 1.98. The van der Waals surface area contributed by atoms with E-state index >= 15 is 0 Å². The highest BCUT2D eigenvalue weighted by atomic mass is 35.5. The minimum absolute atomic E-state index is 0.224. The lowest BCUT2D eigenvalue weighted by Gasteiger charge is -2.21. The first kappa shape index (κ1) is 19.4. The maximum absolute atomic E-state index is 13.4. The van der Waals surface area contributed by atoms with E-state index in [9.17, 15) is 9.59 Å². The van der Waals surface area contributed by atoms with Crippen molar-refractivity contribution in [3.05, 3.63) is 92.0 Å². The van der Waals surface area contributed by atoms with Crippen LogP contribution in [0.4, 0.5) is 0 Å². The Labute approximate surface area is 176 Å². The Morgan fingerprint density at radius 2 is 1.72 bits per heavy atom. The van der Waals surface area contributed by atoms with Crippen LogP contribution in [0.2, 0.25) is 4.34 Å². The van der Waals surface area contributed by atoms with Gasteiger partial charge in [-0.05, 0) is 37.3 Å². The largest absolute Gasteiger partial charge is 0.332 e. The lowest BCUT2D eigenvalue weighted by atomic mass is 10.1. The maximum Gasteiger partial charge on any atom is 0.279 e. The lowest BCUT2D eigenvalue weighted by Crippen LogP contribution is -2.33. The number of para-hydroxylation sites is 1. The number of nitrogens with zero attached hydrogens (tertiary/aromatic N) is 3. The van der Waals surface area contributed by atoms with E-state index in [1.807, 2.05) is 43.3 Å². The zero-order chi connectivity index (χ0) is 20.4. The van der Waals surface area contributed by atoms with Gasteiger partial charge in [-0.1, -0.05) is 48.0 Å². The normalized spacial score (nSPS) is 11.0. The second kappa shape index (κ2) is 8.19. The Balaban J connectivity index is 1.84. The van der Waals surface area contributed by atoms with Crippen molar-refractivity contribution in [3.8, 4) is 5.69 Å². The molecule has 0 bridgehead atoms. The van der Waals surface area contributed by atoms with Gasteiger partial charge in [-0.2, -0.15) is 9.78 Å². The summed E-state index contributed by atoms with van der Waals surface area (Å²) in [4.78, 5) is 29.1. The minimum atomic E-state index is -0.253. The fraction of sp³-hybridized carbons (Fsp3) is 0.136. The molecule has 0 aliphatic rings. The van der Waals surface area contributed by atoms with Crippen molar-refractivity contribution in [2.24, 2.45) is 0 Å². The molecule has 146 valence electrons. The molecule has 0 spiro atoms. The standard InChI is InChI=1S/C22H18ClN3O2S/c1-2-25(14-16-12-13-19(23)29-16)22(28)20-17-10-6-7-11-18(17)21(27)26(24-20)15-8-4-3-5-9-15/h3-13H,2,14H2,1H3. The van der Waals surface area contributed by atoms with Gasteiger partial charge >= 0.3 is 0 Å². The van der Waals surface area contributed by atoms with Crippen molar-refractivity contribution >= 4 is 39.6 Å². The summed E-state index contributed by atoms with van der Waals surface area (Å²) >= 11 is 7.48. The summed E-state index contributed by atoms with van der Waals surface area (Å²) in [6, 6.07) is 20.0. The number of carbonyl (C=O) groups excluding carboxylic acids is 1. The predicted octanol–water partition coefficient (Wildman–Crippen LogP) is 4.76. The molecule has 0 unspecified atom stereocenters. The molecule has 0 fully saturated rings. The molecule has 4 rings (SSSR count). The summed E-state index contributed by atoms with van der Waals surface area (Å²) in [7, 11) is 0. The number of benzene rings is 2. The first-order valence-corrected chi connectivity index (χ1v) is 10.4. The highest BCUT2D eigenvalue weighted by Gasteiger charge is 2.22. The van der Waals surface area contributed by atoms with Gasteiger partial charge in [0.15, 0.2) is 5.69 Å². The molecule has 29 heavy (non-hydrogen) atoms. The maximum atomic E-state index is 13.4. The Morgan fingerprint density at radius 3 is 2.38 bits per heavy atom. The van der Waals surface area contributed by atoms with E-state index < -0.39 is 0 Å². The monoisotopic (exact) mass is 423 g/mol. The van der Waals surface area contributed by atoms with Gasteiger partial charge in [-0.3, -0.25) is 9.59 Å². The molecule has 5 nitrogen and oxygen atoms in total. The van der Waals surface area contributed by atoms with Crippen LogP contribution >= 0.6 is 22.9 Å². The van der Waals surface area contributed by atoms with Gasteiger partial charge in [0, 0.05) is 16.8 Å². The molecule has 0 N–H and O–H groups in total. The number of fused-ring (bicyclic) bond motifs is 1. The van der Waals surface area contributed by atoms with E-state index in [1.165, 1.54) is 16.0 Å². The Morgan fingerprint density at radius 1 is 1.03 bits per heavy atom. The molecular formula is C22H18ClN3O2S. The van der Waals surface area contributed by atoms with Gasteiger partial charge < -0.3 is 4.90 Å². The second-order valence-electron chi connectivity index (χ2n) is 6.47. The molecule has 4 aromatic rings. The van der Waals surface area contributed by atoms with Crippen molar-refractivity contribution in [1.29, 1.82) is 0 Å². The number of carbonyl (C=O) groups is 1. The third-order valence-electron chi connectivity index (χ3n) is 4.65. The Bertz CT molecular complexity index is 1230. The Kier molecular flexibility index (Phi) is 5.47. The van der Waals surface area contributed by atoms with Gasteiger partial charge in [0.2, 0.25) is 0 Å². The highest BCUT2D eigenvalue weighted by molar-refractivity contribution is 7.16. The van der Waals surface area contributed by atoms with Crippen LogP contribution in [0.1, 0.15) is 22.3 Å². The number of rotatable bonds is 5. The molecule has 1 amide bonds. The number of amides is 1. The zero-order valence-electron chi connectivity index (χ0n) is 15.7. The zero-order valence-corrected chi connectivity index (χ0v) is 17.3. The summed E-state index contributed by atoms with van der Waals surface area (Å²) in [5.41, 5.74) is 0.621. The fourth-order valence-corrected chi connectivity index (χ4v) is 4.30. The summed E-state index contributed by atoms with van der Waals surface area (Å²) in [6.45, 7) is 2.87. The van der Waals surface area contributed by atoms with Crippen LogP contribution in [0, 0.1) is 0 Å². The minimum Gasteiger partial charge on any atom is -0.332 e. The number of aromatic nitrogens is 2. The van der Waals surface area contributed by atoms with Crippen LogP contribution in [0.5, 0.6) is 0 Å². The van der Waals surface area contributed by atoms with Crippen molar-refractivity contribution in [2.75, 3.05) is 6.54 Å². The summed E-state index contributed by atoms with van der Waals surface area (Å²) in [5.74, 6) is -0.224. The first-order chi connectivity index (χ1) is 14.1. The molecule has 2 aromatic carbocycles. The number of hydrogen-bond donors (Lipinski definition) is 0. The van der Waals surface area contributed by atoms with E-state index in [0.717, 1.165) is 4.88 Å². The van der Waals surface area contributed by atoms with E-state index in [4.69, 9.17) is 11.6 Å². The van der Waals surface area contributed by atoms with Crippen molar-refractivity contribution in [1.82, 2.24) is 14.7 Å². The Hall–Kier alpha value is -2.96. The van der Waals surface area contributed by atoms with Crippen molar-refractivity contribution < 1.29 is 4.79 Å². The van der Waals surface area contributed by atoms with Crippen LogP contribution < -0.4 is 5.56 Å². The van der Waals surface area contributed by atoms with E-state index in [1.54, 1.807) is 35.2 Å². The van der Waals surface area contributed by atoms with Crippen LogP contribution in [0.25, 0.3) is 16.5 Å². The molecule has 0 aliphatic carbocycles. The number of hydrogen-bond acceptors (Lipinski definition) is 4. The topological polar surface area (TPSA) is 55.2 Å². The molecule has 2 heterocycles. The van der Waals surface area contributed by atoms with Crippen molar-refractivity contribution in [2.45, 2.75) is 13.5 Å². The SMILES string of the molecule is CCN(Cc1ccc(Cl)s1)C(=O)c1nn(-c2ccccc2)c(=O)c2ccccc12. The molecule has 0 saturated carbocycles. The van der Waals surface area contributed by atoms with Gasteiger partial charge in [-0.15, -0.1) is 11.3 Å². The van der Waals surface area contributed by atoms with Gasteiger partial charge in [-0.25, -0.2) is 0 Å². The third kappa shape index (κ3) is 3.81. The quantitative estimate of drug-likeness (QED) is 0.465. The first-order valence-electron chi connectivity index (χ1n) is 9.19. The molecule has 0 radical (unpaired) electrons. The summed E-state index contributed by atoms with van der Waals surface area (Å²) in [6.07, 6.45) is 0. The predicted molar refractivity (Wildman–Crippen MR) is 117 cm³/mol. The summed E-state index contributed by atoms with van der Waals surface area (Å²) in [5, 5.41) is 5.49. The van der Waals surface area contributed by atoms with E-state index in [0.29, 0.717) is 33.9 Å². The van der Waals surface area contributed by atoms with Crippen LogP contribution in [0.3, 0.4) is 0 Å². The average molecular weight is 424 g/mol. The second-order valence-corrected chi connectivity index (χ2v) is 8.27. The molecule has 0 atom stereocenters. The molecule has 0 saturated heterocycles. The van der Waals surface area contributed by atoms with Crippen LogP contribution in [-0.4, -0.2) is 27.1 Å². The van der Waals surface area contributed by atoms with Crippen LogP contribution in [0.15, 0.2) is 71.5 Å². The molecule has 2 aromatic heterocycles.